The first-order valence-corrected chi connectivity index (χ1v) is 7.25. The number of urea groups is 1. The summed E-state index contributed by atoms with van der Waals surface area (Å²) >= 11 is 0. The zero-order valence-corrected chi connectivity index (χ0v) is 11.8. The monoisotopic (exact) mass is 296 g/mol. The van der Waals surface area contributed by atoms with E-state index in [1.54, 1.807) is 4.90 Å². The molecule has 1 unspecified atom stereocenters. The number of amides is 4. The number of hydrogen-bond acceptors (Lipinski definition) is 5. The number of carbonyl (C=O) groups is 3. The fraction of sp³-hybridized carbons (Fsp3) is 0.769. The van der Waals surface area contributed by atoms with Crippen molar-refractivity contribution in [1.82, 2.24) is 15.5 Å². The van der Waals surface area contributed by atoms with E-state index in [1.165, 1.54) is 0 Å². The summed E-state index contributed by atoms with van der Waals surface area (Å²) in [6, 6.07) is -0.497. The molecule has 3 saturated heterocycles. The molecule has 4 N–H and O–H groups in total. The molecule has 3 rings (SSSR count). The molecular formula is C13H20N4O4. The van der Waals surface area contributed by atoms with Crippen LogP contribution >= 0.6 is 0 Å². The van der Waals surface area contributed by atoms with Gasteiger partial charge in [-0.1, -0.05) is 0 Å². The van der Waals surface area contributed by atoms with Gasteiger partial charge < -0.3 is 20.7 Å². The zero-order valence-electron chi connectivity index (χ0n) is 11.8. The van der Waals surface area contributed by atoms with Crippen molar-refractivity contribution in [2.45, 2.75) is 36.8 Å². The summed E-state index contributed by atoms with van der Waals surface area (Å²) in [4.78, 5) is 37.7. The predicted molar refractivity (Wildman–Crippen MR) is 72.2 cm³/mol. The van der Waals surface area contributed by atoms with Crippen LogP contribution in [0.1, 0.15) is 25.7 Å². The van der Waals surface area contributed by atoms with Gasteiger partial charge in [-0.25, -0.2) is 4.79 Å². The molecule has 0 aromatic heterocycles. The molecule has 3 heterocycles. The number of nitrogens with two attached hydrogens (primary N) is 1. The van der Waals surface area contributed by atoms with Gasteiger partial charge in [0.2, 0.25) is 5.91 Å². The van der Waals surface area contributed by atoms with Gasteiger partial charge in [0.1, 0.15) is 5.54 Å². The molecular weight excluding hydrogens is 276 g/mol. The molecule has 21 heavy (non-hydrogen) atoms. The first-order chi connectivity index (χ1) is 9.95. The van der Waals surface area contributed by atoms with Crippen LogP contribution in [0.5, 0.6) is 0 Å². The second-order valence-electron chi connectivity index (χ2n) is 6.09. The molecule has 0 bridgehead atoms. The lowest BCUT2D eigenvalue weighted by Crippen LogP contribution is -2.65. The van der Waals surface area contributed by atoms with Gasteiger partial charge in [0.25, 0.3) is 5.91 Å². The van der Waals surface area contributed by atoms with Gasteiger partial charge in [-0.15, -0.1) is 0 Å². The highest BCUT2D eigenvalue weighted by Crippen LogP contribution is 2.28. The Morgan fingerprint density at radius 3 is 2.57 bits per heavy atom. The number of carbonyl (C=O) groups excluding carboxylic acids is 3. The average molecular weight is 296 g/mol. The van der Waals surface area contributed by atoms with Crippen LogP contribution in [-0.2, 0) is 14.3 Å². The van der Waals surface area contributed by atoms with E-state index in [2.05, 4.69) is 10.6 Å². The van der Waals surface area contributed by atoms with E-state index >= 15 is 0 Å². The Kier molecular flexibility index (Phi) is 3.37. The van der Waals surface area contributed by atoms with Gasteiger partial charge in [0, 0.05) is 19.8 Å². The molecule has 1 spiro atoms. The van der Waals surface area contributed by atoms with Gasteiger partial charge in [-0.05, 0) is 25.7 Å². The Bertz CT molecular complexity index is 489. The third kappa shape index (κ3) is 2.38. The van der Waals surface area contributed by atoms with Crippen LogP contribution in [0.4, 0.5) is 4.79 Å². The van der Waals surface area contributed by atoms with Crippen molar-refractivity contribution in [1.29, 1.82) is 0 Å². The molecule has 0 aromatic rings. The molecule has 3 aliphatic heterocycles. The van der Waals surface area contributed by atoms with Crippen molar-refractivity contribution in [2.75, 3.05) is 26.3 Å². The fourth-order valence-corrected chi connectivity index (χ4v) is 3.31. The molecule has 8 heteroatoms. The summed E-state index contributed by atoms with van der Waals surface area (Å²) in [5.41, 5.74) is 4.31. The second kappa shape index (κ2) is 4.96. The highest BCUT2D eigenvalue weighted by Gasteiger charge is 2.51. The maximum atomic E-state index is 12.7. The van der Waals surface area contributed by atoms with Crippen LogP contribution in [-0.4, -0.2) is 60.1 Å². The van der Waals surface area contributed by atoms with Crippen LogP contribution in [0.2, 0.25) is 0 Å². The SMILES string of the molecule is NC1(C(=O)N2CCCC3(C2)NC(=O)NC3=O)CCOCC1. The van der Waals surface area contributed by atoms with Gasteiger partial charge >= 0.3 is 6.03 Å². The molecule has 0 saturated carbocycles. The largest absolute Gasteiger partial charge is 0.381 e. The summed E-state index contributed by atoms with van der Waals surface area (Å²) in [7, 11) is 0. The molecule has 1 atom stereocenters. The van der Waals surface area contributed by atoms with E-state index < -0.39 is 17.1 Å². The molecule has 3 fully saturated rings. The van der Waals surface area contributed by atoms with E-state index in [0.29, 0.717) is 45.4 Å². The van der Waals surface area contributed by atoms with Crippen molar-refractivity contribution >= 4 is 17.8 Å². The summed E-state index contributed by atoms with van der Waals surface area (Å²) in [5.74, 6) is -0.512. The molecule has 0 radical (unpaired) electrons. The highest BCUT2D eigenvalue weighted by molar-refractivity contribution is 6.07. The minimum absolute atomic E-state index is 0.154. The van der Waals surface area contributed by atoms with E-state index in [4.69, 9.17) is 10.5 Å². The topological polar surface area (TPSA) is 114 Å². The van der Waals surface area contributed by atoms with Crippen LogP contribution in [0.15, 0.2) is 0 Å². The first-order valence-electron chi connectivity index (χ1n) is 7.25. The van der Waals surface area contributed by atoms with E-state index in [9.17, 15) is 14.4 Å². The normalized spacial score (nSPS) is 32.0. The third-order valence-corrected chi connectivity index (χ3v) is 4.61. The molecule has 0 aliphatic carbocycles. The Hall–Kier alpha value is -1.67. The maximum Gasteiger partial charge on any atom is 0.322 e. The van der Waals surface area contributed by atoms with Crippen LogP contribution < -0.4 is 16.4 Å². The maximum absolute atomic E-state index is 12.7. The standard InChI is InChI=1S/C13H20N4O4/c14-12(3-6-21-7-4-12)10(19)17-5-1-2-13(8-17)9(18)15-11(20)16-13/h1-8,14H2,(H2,15,16,18,20). The van der Waals surface area contributed by atoms with Crippen molar-refractivity contribution in [3.05, 3.63) is 0 Å². The quantitative estimate of drug-likeness (QED) is 0.520. The van der Waals surface area contributed by atoms with Crippen LogP contribution in [0, 0.1) is 0 Å². The minimum Gasteiger partial charge on any atom is -0.381 e. The fourth-order valence-electron chi connectivity index (χ4n) is 3.31. The number of hydrogen-bond donors (Lipinski definition) is 3. The van der Waals surface area contributed by atoms with E-state index in [0.717, 1.165) is 0 Å². The Balaban J connectivity index is 1.75. The highest BCUT2D eigenvalue weighted by atomic mass is 16.5. The minimum atomic E-state index is -0.994. The summed E-state index contributed by atoms with van der Waals surface area (Å²) in [6.07, 6.45) is 2.16. The average Bonchev–Trinajstić information content (AvgIpc) is 2.72. The molecule has 8 nitrogen and oxygen atoms in total. The second-order valence-corrected chi connectivity index (χ2v) is 6.09. The number of ether oxygens (including phenoxy) is 1. The molecule has 4 amide bonds. The lowest BCUT2D eigenvalue weighted by molar-refractivity contribution is -0.144. The van der Waals surface area contributed by atoms with Crippen LogP contribution in [0.25, 0.3) is 0 Å². The Labute approximate surface area is 122 Å². The van der Waals surface area contributed by atoms with Crippen molar-refractivity contribution < 1.29 is 19.1 Å². The number of rotatable bonds is 1. The van der Waals surface area contributed by atoms with Crippen molar-refractivity contribution in [2.24, 2.45) is 5.73 Å². The summed E-state index contributed by atoms with van der Waals surface area (Å²) in [5, 5.41) is 4.91. The lowest BCUT2D eigenvalue weighted by atomic mass is 9.85. The van der Waals surface area contributed by atoms with Gasteiger partial charge in [0.05, 0.1) is 12.1 Å². The number of imide groups is 1. The third-order valence-electron chi connectivity index (χ3n) is 4.61. The number of nitrogens with zero attached hydrogens (tertiary/aromatic N) is 1. The number of likely N-dealkylation sites (tertiary alicyclic amines) is 1. The van der Waals surface area contributed by atoms with Crippen molar-refractivity contribution in [3.63, 3.8) is 0 Å². The van der Waals surface area contributed by atoms with E-state index in [-0.39, 0.29) is 18.4 Å². The summed E-state index contributed by atoms with van der Waals surface area (Å²) in [6.45, 7) is 1.68. The van der Waals surface area contributed by atoms with Crippen LogP contribution in [0.3, 0.4) is 0 Å². The molecule has 0 aromatic carbocycles. The van der Waals surface area contributed by atoms with Gasteiger partial charge in [-0.3, -0.25) is 14.9 Å². The number of nitrogens with one attached hydrogen (secondary N) is 2. The molecule has 3 aliphatic rings. The van der Waals surface area contributed by atoms with Crippen molar-refractivity contribution in [3.8, 4) is 0 Å². The number of piperidine rings is 1. The lowest BCUT2D eigenvalue weighted by Gasteiger charge is -2.42. The smallest absolute Gasteiger partial charge is 0.322 e. The predicted octanol–water partition coefficient (Wildman–Crippen LogP) is -1.31. The Morgan fingerprint density at radius 1 is 1.24 bits per heavy atom. The van der Waals surface area contributed by atoms with Gasteiger partial charge in [-0.2, -0.15) is 0 Å². The van der Waals surface area contributed by atoms with Gasteiger partial charge in [0.15, 0.2) is 0 Å². The summed E-state index contributed by atoms with van der Waals surface area (Å²) < 4.78 is 5.25. The van der Waals surface area contributed by atoms with E-state index in [1.807, 2.05) is 0 Å². The molecule has 116 valence electrons. The first kappa shape index (κ1) is 14.3. The zero-order chi connectivity index (χ0) is 15.1. The Morgan fingerprint density at radius 2 is 1.95 bits per heavy atom.